The van der Waals surface area contributed by atoms with Crippen molar-refractivity contribution in [3.05, 3.63) is 94.7 Å². The maximum Gasteiger partial charge on any atom is 0.410 e. The number of piperidine rings is 2. The molecule has 4 aromatic rings. The van der Waals surface area contributed by atoms with Crippen LogP contribution in [0.15, 0.2) is 78.0 Å². The highest BCUT2D eigenvalue weighted by atomic mass is 16.6. The van der Waals surface area contributed by atoms with E-state index in [-0.39, 0.29) is 35.9 Å². The molecule has 5 heterocycles. The number of rotatable bonds is 7. The van der Waals surface area contributed by atoms with Crippen molar-refractivity contribution < 1.29 is 19.4 Å². The second kappa shape index (κ2) is 15.1. The minimum Gasteiger partial charge on any atom is -0.444 e. The molecule has 3 aliphatic heterocycles. The van der Waals surface area contributed by atoms with E-state index in [1.165, 1.54) is 16.5 Å². The lowest BCUT2D eigenvalue weighted by atomic mass is 9.79. The number of fused-ring (bicyclic) bond motifs is 1. The number of likely N-dealkylation sites (tertiary alicyclic amines) is 2. The van der Waals surface area contributed by atoms with E-state index in [1.54, 1.807) is 11.0 Å². The van der Waals surface area contributed by atoms with Gasteiger partial charge in [0, 0.05) is 82.6 Å². The Morgan fingerprint density at radius 2 is 1.66 bits per heavy atom. The fourth-order valence-corrected chi connectivity index (χ4v) is 8.07. The van der Waals surface area contributed by atoms with Gasteiger partial charge < -0.3 is 29.1 Å². The van der Waals surface area contributed by atoms with Gasteiger partial charge in [-0.25, -0.2) is 9.78 Å². The van der Waals surface area contributed by atoms with Crippen molar-refractivity contribution >= 4 is 23.0 Å². The molecule has 12 nitrogen and oxygen atoms in total. The van der Waals surface area contributed by atoms with E-state index in [2.05, 4.69) is 35.0 Å². The van der Waals surface area contributed by atoms with Crippen LogP contribution in [0.25, 0.3) is 16.7 Å². The van der Waals surface area contributed by atoms with Gasteiger partial charge in [-0.1, -0.05) is 42.5 Å². The first-order chi connectivity index (χ1) is 25.4. The lowest BCUT2D eigenvalue weighted by molar-refractivity contribution is -0.142. The van der Waals surface area contributed by atoms with Gasteiger partial charge in [-0.2, -0.15) is 0 Å². The molecule has 2 aromatic carbocycles. The maximum atomic E-state index is 14.1. The monoisotopic (exact) mass is 723 g/mol. The highest BCUT2D eigenvalue weighted by molar-refractivity contribution is 5.81. The van der Waals surface area contributed by atoms with Gasteiger partial charge in [-0.3, -0.25) is 19.1 Å². The van der Waals surface area contributed by atoms with Crippen LogP contribution in [0.5, 0.6) is 0 Å². The highest BCUT2D eigenvalue weighted by Crippen LogP contribution is 2.36. The highest BCUT2D eigenvalue weighted by Gasteiger charge is 2.42. The summed E-state index contributed by atoms with van der Waals surface area (Å²) >= 11 is 0. The van der Waals surface area contributed by atoms with Crippen LogP contribution in [0.3, 0.4) is 0 Å². The Hall–Kier alpha value is -4.52. The van der Waals surface area contributed by atoms with Crippen LogP contribution in [-0.4, -0.2) is 121 Å². The zero-order chi connectivity index (χ0) is 37.3. The fourth-order valence-electron chi connectivity index (χ4n) is 8.07. The molecule has 12 heteroatoms. The summed E-state index contributed by atoms with van der Waals surface area (Å²) in [6.07, 6.45) is 4.28. The predicted octanol–water partition coefficient (Wildman–Crippen LogP) is 4.33. The maximum absolute atomic E-state index is 14.1. The number of aromatic nitrogens is 3. The number of piperazine rings is 1. The zero-order valence-corrected chi connectivity index (χ0v) is 31.5. The largest absolute Gasteiger partial charge is 0.444 e. The van der Waals surface area contributed by atoms with Crippen molar-refractivity contribution in [1.82, 2.24) is 33.7 Å². The average molecular weight is 724 g/mol. The molecule has 0 saturated carbocycles. The van der Waals surface area contributed by atoms with Crippen molar-refractivity contribution in [3.8, 4) is 5.69 Å². The summed E-state index contributed by atoms with van der Waals surface area (Å²) in [5.41, 5.74) is 1.81. The molecule has 2 atom stereocenters. The Morgan fingerprint density at radius 1 is 0.925 bits per heavy atom. The SMILES string of the molecule is CN1CCN(Cc2cccc(-n3ccc4c(=O)n(CC5(O)CCN(C(=O)[C@@H]6CCN(C(=O)OC(C)(C)C)C[C@H]6c6ccccc6)CC5)cnc43)c2)CC1. The number of nitrogens with zero attached hydrogens (tertiary/aromatic N) is 7. The number of ether oxygens (including phenoxy) is 1. The fraction of sp³-hybridized carbons (Fsp3) is 0.512. The average Bonchev–Trinajstić information content (AvgIpc) is 3.58. The van der Waals surface area contributed by atoms with E-state index in [4.69, 9.17) is 9.72 Å². The van der Waals surface area contributed by atoms with E-state index in [1.807, 2.05) is 72.8 Å². The number of benzene rings is 2. The van der Waals surface area contributed by atoms with Crippen molar-refractivity contribution in [2.45, 2.75) is 70.2 Å². The molecule has 2 amide bonds. The van der Waals surface area contributed by atoms with E-state index < -0.39 is 11.2 Å². The number of carbonyl (C=O) groups is 2. The molecule has 0 bridgehead atoms. The molecule has 3 fully saturated rings. The first kappa shape index (κ1) is 36.8. The number of amides is 2. The minimum absolute atomic E-state index is 0.0407. The summed E-state index contributed by atoms with van der Waals surface area (Å²) in [6, 6.07) is 20.1. The predicted molar refractivity (Wildman–Crippen MR) is 204 cm³/mol. The molecule has 0 aliphatic carbocycles. The van der Waals surface area contributed by atoms with Gasteiger partial charge in [0.15, 0.2) is 5.65 Å². The van der Waals surface area contributed by atoms with Gasteiger partial charge in [-0.05, 0) is 76.4 Å². The Balaban J connectivity index is 1.00. The Labute approximate surface area is 311 Å². The van der Waals surface area contributed by atoms with Crippen LogP contribution >= 0.6 is 0 Å². The molecule has 7 rings (SSSR count). The van der Waals surface area contributed by atoms with Gasteiger partial charge >= 0.3 is 6.09 Å². The third-order valence-corrected chi connectivity index (χ3v) is 11.1. The summed E-state index contributed by atoms with van der Waals surface area (Å²) in [6.45, 7) is 12.4. The topological polar surface area (TPSA) is 116 Å². The van der Waals surface area contributed by atoms with Crippen LogP contribution in [-0.2, 0) is 22.6 Å². The molecule has 3 aliphatic rings. The van der Waals surface area contributed by atoms with Crippen LogP contribution in [0.1, 0.15) is 57.1 Å². The van der Waals surface area contributed by atoms with E-state index in [0.29, 0.717) is 56.5 Å². The van der Waals surface area contributed by atoms with Crippen LogP contribution in [0.2, 0.25) is 0 Å². The first-order valence-corrected chi connectivity index (χ1v) is 19.0. The van der Waals surface area contributed by atoms with Crippen LogP contribution in [0, 0.1) is 5.92 Å². The lowest BCUT2D eigenvalue weighted by Gasteiger charge is -2.43. The third kappa shape index (κ3) is 8.35. The summed E-state index contributed by atoms with van der Waals surface area (Å²) in [7, 11) is 2.16. The second-order valence-electron chi connectivity index (χ2n) is 16.2. The molecule has 1 N–H and O–H groups in total. The summed E-state index contributed by atoms with van der Waals surface area (Å²) in [4.78, 5) is 53.9. The van der Waals surface area contributed by atoms with Crippen molar-refractivity contribution in [2.24, 2.45) is 5.92 Å². The summed E-state index contributed by atoms with van der Waals surface area (Å²) in [5, 5.41) is 12.2. The zero-order valence-electron chi connectivity index (χ0n) is 31.5. The molecular formula is C41H53N7O5. The molecule has 3 saturated heterocycles. The number of aliphatic hydroxyl groups is 1. The molecule has 0 radical (unpaired) electrons. The number of hydrogen-bond donors (Lipinski definition) is 1. The lowest BCUT2D eigenvalue weighted by Crippen LogP contribution is -2.53. The number of hydrogen-bond acceptors (Lipinski definition) is 8. The van der Waals surface area contributed by atoms with Crippen LogP contribution < -0.4 is 5.56 Å². The molecule has 282 valence electrons. The van der Waals surface area contributed by atoms with E-state index in [0.717, 1.165) is 44.0 Å². The van der Waals surface area contributed by atoms with Gasteiger partial charge in [0.25, 0.3) is 5.56 Å². The van der Waals surface area contributed by atoms with Crippen molar-refractivity contribution in [2.75, 3.05) is 59.4 Å². The van der Waals surface area contributed by atoms with Gasteiger partial charge in [0.1, 0.15) is 11.9 Å². The smallest absolute Gasteiger partial charge is 0.410 e. The molecule has 2 aromatic heterocycles. The number of carbonyl (C=O) groups excluding carboxylic acids is 2. The van der Waals surface area contributed by atoms with Crippen LogP contribution in [0.4, 0.5) is 4.79 Å². The van der Waals surface area contributed by atoms with Gasteiger partial charge in [0.2, 0.25) is 5.91 Å². The molecular weight excluding hydrogens is 670 g/mol. The van der Waals surface area contributed by atoms with Gasteiger partial charge in [0.05, 0.1) is 17.5 Å². The molecule has 0 unspecified atom stereocenters. The van der Waals surface area contributed by atoms with E-state index >= 15 is 0 Å². The Bertz CT molecular complexity index is 1970. The number of likely N-dealkylation sites (N-methyl/N-ethyl adjacent to an activating group) is 1. The summed E-state index contributed by atoms with van der Waals surface area (Å²) in [5.74, 6) is -0.430. The molecule has 0 spiro atoms. The quantitative estimate of drug-likeness (QED) is 0.300. The summed E-state index contributed by atoms with van der Waals surface area (Å²) < 4.78 is 9.12. The Kier molecular flexibility index (Phi) is 10.5. The van der Waals surface area contributed by atoms with Gasteiger partial charge in [-0.15, -0.1) is 0 Å². The second-order valence-corrected chi connectivity index (χ2v) is 16.2. The van der Waals surface area contributed by atoms with Crippen molar-refractivity contribution in [3.63, 3.8) is 0 Å². The van der Waals surface area contributed by atoms with Crippen molar-refractivity contribution in [1.29, 1.82) is 0 Å². The molecule has 53 heavy (non-hydrogen) atoms. The first-order valence-electron chi connectivity index (χ1n) is 19.0. The minimum atomic E-state index is -1.16. The standard InChI is InChI=1S/C41H53N7O5/c1-40(2,3)53-39(51)46-17-13-33(35(27-46)31-10-6-5-7-11-31)37(49)45-19-15-41(52,16-20-45)28-47-29-42-36-34(38(47)50)14-18-48(36)32-12-8-9-30(25-32)26-44-23-21-43(4)22-24-44/h5-12,14,18,25,29,33,35,52H,13,15-17,19-24,26-28H2,1-4H3/t33-,35+/m1/s1. The normalized spacial score (nSPS) is 21.5. The van der Waals surface area contributed by atoms with E-state index in [9.17, 15) is 19.5 Å². The third-order valence-electron chi connectivity index (χ3n) is 11.1. The Morgan fingerprint density at radius 3 is 2.38 bits per heavy atom.